The molecule has 0 fully saturated rings. The third-order valence-corrected chi connectivity index (χ3v) is 2.24. The number of aromatic nitrogens is 1. The van der Waals surface area contributed by atoms with Crippen molar-refractivity contribution in [3.05, 3.63) is 23.9 Å². The van der Waals surface area contributed by atoms with Crippen LogP contribution in [0.1, 0.15) is 32.8 Å². The zero-order chi connectivity index (χ0) is 12.0. The number of nitrogens with one attached hydrogen (secondary N) is 1. The minimum absolute atomic E-state index is 0.322. The predicted octanol–water partition coefficient (Wildman–Crippen LogP) is 2.32. The van der Waals surface area contributed by atoms with Gasteiger partial charge in [0.15, 0.2) is 0 Å². The zero-order valence-electron chi connectivity index (χ0n) is 10.3. The lowest BCUT2D eigenvalue weighted by molar-refractivity contribution is 0.0962. The van der Waals surface area contributed by atoms with E-state index in [1.807, 2.05) is 12.1 Å². The molecule has 0 atom stereocenters. The topological polar surface area (TPSA) is 60.2 Å². The van der Waals surface area contributed by atoms with E-state index >= 15 is 0 Å². The molecular weight excluding hydrogens is 202 g/mol. The Bertz CT molecular complexity index is 320. The number of hydrazine groups is 1. The minimum atomic E-state index is 0.322. The van der Waals surface area contributed by atoms with Gasteiger partial charge in [-0.1, -0.05) is 20.8 Å². The molecule has 0 unspecified atom stereocenters. The summed E-state index contributed by atoms with van der Waals surface area (Å²) in [5, 5.41) is 0. The molecule has 3 N–H and O–H groups in total. The van der Waals surface area contributed by atoms with Crippen molar-refractivity contribution in [3.63, 3.8) is 0 Å². The van der Waals surface area contributed by atoms with E-state index in [9.17, 15) is 0 Å². The van der Waals surface area contributed by atoms with E-state index in [1.165, 1.54) is 0 Å². The van der Waals surface area contributed by atoms with Crippen molar-refractivity contribution in [2.24, 2.45) is 11.3 Å². The van der Waals surface area contributed by atoms with Crippen LogP contribution in [0.5, 0.6) is 0 Å². The molecule has 0 aliphatic carbocycles. The van der Waals surface area contributed by atoms with Crippen LogP contribution in [0.25, 0.3) is 0 Å². The van der Waals surface area contributed by atoms with Crippen LogP contribution in [0.2, 0.25) is 0 Å². The Kier molecular flexibility index (Phi) is 4.71. The highest BCUT2D eigenvalue weighted by atomic mass is 16.5. The van der Waals surface area contributed by atoms with Crippen LogP contribution in [0.4, 0.5) is 5.82 Å². The first-order valence-corrected chi connectivity index (χ1v) is 5.50. The summed E-state index contributed by atoms with van der Waals surface area (Å²) in [6.45, 7) is 8.00. The van der Waals surface area contributed by atoms with E-state index in [-0.39, 0.29) is 0 Å². The molecule has 0 aliphatic heterocycles. The highest BCUT2D eigenvalue weighted by Crippen LogP contribution is 2.18. The Hall–Kier alpha value is -1.13. The van der Waals surface area contributed by atoms with Crippen LogP contribution >= 0.6 is 0 Å². The van der Waals surface area contributed by atoms with Crippen molar-refractivity contribution in [2.75, 3.05) is 12.0 Å². The number of pyridine rings is 1. The van der Waals surface area contributed by atoms with Crippen LogP contribution in [-0.2, 0) is 11.3 Å². The number of hydrogen-bond donors (Lipinski definition) is 2. The quantitative estimate of drug-likeness (QED) is 0.457. The molecule has 1 aromatic rings. The number of anilines is 1. The molecule has 90 valence electrons. The lowest BCUT2D eigenvalue weighted by Gasteiger charge is -2.17. The molecule has 4 nitrogen and oxygen atoms in total. The number of rotatable bonds is 5. The molecule has 1 heterocycles. The van der Waals surface area contributed by atoms with Gasteiger partial charge in [-0.2, -0.15) is 0 Å². The molecule has 0 spiro atoms. The summed E-state index contributed by atoms with van der Waals surface area (Å²) >= 11 is 0. The fraction of sp³-hybridized carbons (Fsp3) is 0.583. The van der Waals surface area contributed by atoms with Crippen molar-refractivity contribution in [3.8, 4) is 0 Å². The maximum atomic E-state index is 5.60. The van der Waals surface area contributed by atoms with Gasteiger partial charge in [-0.25, -0.2) is 10.8 Å². The van der Waals surface area contributed by atoms with Crippen LogP contribution in [0, 0.1) is 5.41 Å². The van der Waals surface area contributed by atoms with Crippen LogP contribution in [-0.4, -0.2) is 11.6 Å². The molecule has 1 rings (SSSR count). The number of ether oxygens (including phenoxy) is 1. The van der Waals surface area contributed by atoms with Gasteiger partial charge in [-0.15, -0.1) is 0 Å². The summed E-state index contributed by atoms with van der Waals surface area (Å²) in [5.74, 6) is 5.94. The van der Waals surface area contributed by atoms with Gasteiger partial charge in [-0.3, -0.25) is 0 Å². The third kappa shape index (κ3) is 5.09. The largest absolute Gasteiger partial charge is 0.377 e. The molecule has 4 heteroatoms. The van der Waals surface area contributed by atoms with Crippen molar-refractivity contribution in [2.45, 2.75) is 33.8 Å². The zero-order valence-corrected chi connectivity index (χ0v) is 10.3. The molecule has 0 amide bonds. The van der Waals surface area contributed by atoms with Gasteiger partial charge < -0.3 is 10.2 Å². The molecule has 0 aromatic carbocycles. The summed E-state index contributed by atoms with van der Waals surface area (Å²) in [6, 6.07) is 3.81. The molecule has 0 bridgehead atoms. The van der Waals surface area contributed by atoms with Gasteiger partial charge in [0.05, 0.1) is 6.61 Å². The molecular formula is C12H21N3O. The molecule has 0 radical (unpaired) electrons. The summed E-state index contributed by atoms with van der Waals surface area (Å²) in [5.41, 5.74) is 3.92. The second kappa shape index (κ2) is 5.82. The van der Waals surface area contributed by atoms with E-state index in [0.29, 0.717) is 17.8 Å². The fourth-order valence-electron chi connectivity index (χ4n) is 1.21. The van der Waals surface area contributed by atoms with Crippen LogP contribution < -0.4 is 11.3 Å². The Morgan fingerprint density at radius 2 is 2.19 bits per heavy atom. The monoisotopic (exact) mass is 223 g/mol. The minimum Gasteiger partial charge on any atom is -0.377 e. The number of nitrogens with zero attached hydrogens (tertiary/aromatic N) is 1. The van der Waals surface area contributed by atoms with Gasteiger partial charge in [-0.05, 0) is 29.5 Å². The highest BCUT2D eigenvalue weighted by molar-refractivity contribution is 5.35. The summed E-state index contributed by atoms with van der Waals surface area (Å²) in [4.78, 5) is 4.03. The first kappa shape index (κ1) is 12.9. The summed E-state index contributed by atoms with van der Waals surface area (Å²) in [7, 11) is 0. The van der Waals surface area contributed by atoms with Crippen molar-refractivity contribution < 1.29 is 4.74 Å². The maximum absolute atomic E-state index is 5.60. The lowest BCUT2D eigenvalue weighted by atomic mass is 9.93. The summed E-state index contributed by atoms with van der Waals surface area (Å²) in [6.07, 6.45) is 2.78. The summed E-state index contributed by atoms with van der Waals surface area (Å²) < 4.78 is 5.60. The second-order valence-corrected chi connectivity index (χ2v) is 5.06. The molecule has 0 saturated heterocycles. The molecule has 16 heavy (non-hydrogen) atoms. The predicted molar refractivity (Wildman–Crippen MR) is 65.8 cm³/mol. The van der Waals surface area contributed by atoms with E-state index in [2.05, 4.69) is 31.2 Å². The number of nitrogen functional groups attached to an aromatic ring is 1. The van der Waals surface area contributed by atoms with Gasteiger partial charge in [0.1, 0.15) is 5.82 Å². The molecule has 1 aromatic heterocycles. The Morgan fingerprint density at radius 3 is 2.81 bits per heavy atom. The number of hydrogen-bond acceptors (Lipinski definition) is 4. The standard InChI is InChI=1S/C12H21N3O/c1-12(2,3)5-7-16-9-10-4-6-14-11(8-10)15-13/h4,6,8H,5,7,9,13H2,1-3H3,(H,14,15). The van der Waals surface area contributed by atoms with Crippen molar-refractivity contribution in [1.82, 2.24) is 4.98 Å². The average Bonchev–Trinajstić information content (AvgIpc) is 2.23. The van der Waals surface area contributed by atoms with Crippen molar-refractivity contribution >= 4 is 5.82 Å². The highest BCUT2D eigenvalue weighted by Gasteiger charge is 2.09. The first-order valence-electron chi connectivity index (χ1n) is 5.50. The van der Waals surface area contributed by atoms with E-state index < -0.39 is 0 Å². The van der Waals surface area contributed by atoms with Gasteiger partial charge in [0, 0.05) is 12.8 Å². The van der Waals surface area contributed by atoms with Gasteiger partial charge >= 0.3 is 0 Å². The molecule has 0 aliphatic rings. The lowest BCUT2D eigenvalue weighted by Crippen LogP contribution is -2.10. The van der Waals surface area contributed by atoms with Crippen molar-refractivity contribution in [1.29, 1.82) is 0 Å². The Labute approximate surface area is 97.2 Å². The maximum Gasteiger partial charge on any atom is 0.140 e. The van der Waals surface area contributed by atoms with E-state index in [1.54, 1.807) is 6.20 Å². The van der Waals surface area contributed by atoms with Crippen LogP contribution in [0.15, 0.2) is 18.3 Å². The first-order chi connectivity index (χ1) is 7.51. The molecule has 0 saturated carbocycles. The Morgan fingerprint density at radius 1 is 1.44 bits per heavy atom. The average molecular weight is 223 g/mol. The Balaban J connectivity index is 2.32. The van der Waals surface area contributed by atoms with Gasteiger partial charge in [0.2, 0.25) is 0 Å². The smallest absolute Gasteiger partial charge is 0.140 e. The number of nitrogens with two attached hydrogens (primary N) is 1. The third-order valence-electron chi connectivity index (χ3n) is 2.24. The van der Waals surface area contributed by atoms with E-state index in [0.717, 1.165) is 18.6 Å². The second-order valence-electron chi connectivity index (χ2n) is 5.06. The van der Waals surface area contributed by atoms with Crippen LogP contribution in [0.3, 0.4) is 0 Å². The fourth-order valence-corrected chi connectivity index (χ4v) is 1.21. The van der Waals surface area contributed by atoms with E-state index in [4.69, 9.17) is 10.6 Å². The SMILES string of the molecule is CC(C)(C)CCOCc1ccnc(NN)c1. The normalized spacial score (nSPS) is 11.5. The van der Waals surface area contributed by atoms with Gasteiger partial charge in [0.25, 0.3) is 0 Å².